The van der Waals surface area contributed by atoms with Crippen molar-refractivity contribution in [2.75, 3.05) is 7.11 Å². The highest BCUT2D eigenvalue weighted by atomic mass is 16.5. The molecule has 0 aliphatic rings. The van der Waals surface area contributed by atoms with Crippen LogP contribution in [0.5, 0.6) is 5.75 Å². The molecule has 0 saturated heterocycles. The minimum Gasteiger partial charge on any atom is -0.494 e. The summed E-state index contributed by atoms with van der Waals surface area (Å²) < 4.78 is 7.55. The number of nitrogens with zero attached hydrogens (tertiary/aromatic N) is 3. The summed E-state index contributed by atoms with van der Waals surface area (Å²) in [4.78, 5) is 4.71. The van der Waals surface area contributed by atoms with Gasteiger partial charge in [-0.05, 0) is 25.1 Å². The van der Waals surface area contributed by atoms with Gasteiger partial charge in [0.15, 0.2) is 0 Å². The van der Waals surface area contributed by atoms with Crippen LogP contribution in [0.4, 0.5) is 0 Å². The van der Waals surface area contributed by atoms with Crippen LogP contribution >= 0.6 is 0 Å². The minimum absolute atomic E-state index is 0.761. The average molecular weight is 365 g/mol. The van der Waals surface area contributed by atoms with Crippen LogP contribution in [0.2, 0.25) is 0 Å². The van der Waals surface area contributed by atoms with Gasteiger partial charge in [0.05, 0.1) is 18.3 Å². The number of hydrogen-bond acceptors (Lipinski definition) is 3. The highest BCUT2D eigenvalue weighted by molar-refractivity contribution is 6.10. The SMILES string of the molecule is COc1cccc2c1ncc1c(-c3ccccc3)nn(-c3ccc(C)cc3)c12. The van der Waals surface area contributed by atoms with Crippen LogP contribution < -0.4 is 4.74 Å². The molecule has 0 saturated carbocycles. The van der Waals surface area contributed by atoms with Crippen LogP contribution in [0, 0.1) is 6.92 Å². The van der Waals surface area contributed by atoms with E-state index in [1.165, 1.54) is 5.56 Å². The van der Waals surface area contributed by atoms with Gasteiger partial charge >= 0.3 is 0 Å². The minimum atomic E-state index is 0.761. The number of para-hydroxylation sites is 1. The van der Waals surface area contributed by atoms with E-state index < -0.39 is 0 Å². The van der Waals surface area contributed by atoms with Crippen LogP contribution in [0.15, 0.2) is 79.0 Å². The van der Waals surface area contributed by atoms with Crippen molar-refractivity contribution < 1.29 is 4.74 Å². The number of aromatic nitrogens is 3. The molecule has 0 amide bonds. The third kappa shape index (κ3) is 2.54. The number of methoxy groups -OCH3 is 1. The predicted octanol–water partition coefficient (Wildman–Crippen LogP) is 5.56. The standard InChI is InChI=1S/C24H19N3O/c1-16-11-13-18(14-12-16)27-24-19-9-6-10-21(28-2)23(19)25-15-20(24)22(26-27)17-7-4-3-5-8-17/h3-15H,1-2H3. The lowest BCUT2D eigenvalue weighted by Crippen LogP contribution is -1.97. The maximum absolute atomic E-state index is 5.54. The summed E-state index contributed by atoms with van der Waals surface area (Å²) in [6.45, 7) is 2.09. The van der Waals surface area contributed by atoms with Gasteiger partial charge in [-0.2, -0.15) is 5.10 Å². The van der Waals surface area contributed by atoms with Gasteiger partial charge < -0.3 is 4.74 Å². The van der Waals surface area contributed by atoms with E-state index in [0.717, 1.165) is 44.5 Å². The van der Waals surface area contributed by atoms with Crippen LogP contribution in [-0.2, 0) is 0 Å². The Morgan fingerprint density at radius 1 is 0.821 bits per heavy atom. The van der Waals surface area contributed by atoms with E-state index in [4.69, 9.17) is 14.8 Å². The van der Waals surface area contributed by atoms with Crippen molar-refractivity contribution in [2.24, 2.45) is 0 Å². The number of fused-ring (bicyclic) bond motifs is 3. The van der Waals surface area contributed by atoms with E-state index >= 15 is 0 Å². The number of ether oxygens (including phenoxy) is 1. The molecule has 0 aliphatic heterocycles. The van der Waals surface area contributed by atoms with Crippen LogP contribution in [-0.4, -0.2) is 21.9 Å². The zero-order valence-electron chi connectivity index (χ0n) is 15.8. The monoisotopic (exact) mass is 365 g/mol. The Morgan fingerprint density at radius 2 is 1.61 bits per heavy atom. The Hall–Kier alpha value is -3.66. The molecular weight excluding hydrogens is 346 g/mol. The highest BCUT2D eigenvalue weighted by Gasteiger charge is 2.18. The average Bonchev–Trinajstić information content (AvgIpc) is 3.14. The Balaban J connectivity index is 1.91. The number of hydrogen-bond donors (Lipinski definition) is 0. The number of rotatable bonds is 3. The Kier molecular flexibility index (Phi) is 3.83. The summed E-state index contributed by atoms with van der Waals surface area (Å²) in [7, 11) is 1.67. The van der Waals surface area contributed by atoms with Crippen molar-refractivity contribution in [3.05, 3.63) is 84.6 Å². The second kappa shape index (κ2) is 6.50. The molecule has 0 radical (unpaired) electrons. The molecule has 28 heavy (non-hydrogen) atoms. The first-order valence-electron chi connectivity index (χ1n) is 9.23. The molecular formula is C24H19N3O. The number of aryl methyl sites for hydroxylation is 1. The molecule has 5 aromatic rings. The highest BCUT2D eigenvalue weighted by Crippen LogP contribution is 2.35. The molecule has 5 rings (SSSR count). The molecule has 0 spiro atoms. The number of pyridine rings is 1. The largest absolute Gasteiger partial charge is 0.494 e. The zero-order valence-corrected chi connectivity index (χ0v) is 15.8. The molecule has 2 heterocycles. The summed E-state index contributed by atoms with van der Waals surface area (Å²) in [5, 5.41) is 7.04. The first kappa shape index (κ1) is 16.5. The van der Waals surface area contributed by atoms with E-state index in [-0.39, 0.29) is 0 Å². The lowest BCUT2D eigenvalue weighted by atomic mass is 10.1. The number of benzene rings is 3. The van der Waals surface area contributed by atoms with Gasteiger partial charge in [0.25, 0.3) is 0 Å². The van der Waals surface area contributed by atoms with Crippen LogP contribution in [0.3, 0.4) is 0 Å². The summed E-state index contributed by atoms with van der Waals surface area (Å²) in [6, 6.07) is 24.7. The summed E-state index contributed by atoms with van der Waals surface area (Å²) in [5.41, 5.74) is 6.11. The van der Waals surface area contributed by atoms with Crippen LogP contribution in [0.1, 0.15) is 5.56 Å². The first-order chi connectivity index (χ1) is 13.8. The van der Waals surface area contributed by atoms with E-state index in [1.54, 1.807) is 7.11 Å². The van der Waals surface area contributed by atoms with Crippen molar-refractivity contribution in [1.82, 2.24) is 14.8 Å². The first-order valence-corrected chi connectivity index (χ1v) is 9.23. The molecule has 2 aromatic heterocycles. The topological polar surface area (TPSA) is 39.9 Å². The van der Waals surface area contributed by atoms with Gasteiger partial charge in [0.1, 0.15) is 17.0 Å². The van der Waals surface area contributed by atoms with Crippen LogP contribution in [0.25, 0.3) is 38.8 Å². The van der Waals surface area contributed by atoms with Gasteiger partial charge in [-0.3, -0.25) is 4.98 Å². The molecule has 0 bridgehead atoms. The van der Waals surface area contributed by atoms with E-state index in [0.29, 0.717) is 0 Å². The fourth-order valence-electron chi connectivity index (χ4n) is 3.63. The molecule has 0 atom stereocenters. The third-order valence-electron chi connectivity index (χ3n) is 5.04. The van der Waals surface area contributed by atoms with Crippen molar-refractivity contribution in [2.45, 2.75) is 6.92 Å². The van der Waals surface area contributed by atoms with E-state index in [9.17, 15) is 0 Å². The Labute approximate surface area is 163 Å². The molecule has 4 heteroatoms. The molecule has 0 N–H and O–H groups in total. The molecule has 4 nitrogen and oxygen atoms in total. The normalized spacial score (nSPS) is 11.2. The maximum atomic E-state index is 5.54. The second-order valence-electron chi connectivity index (χ2n) is 6.84. The lowest BCUT2D eigenvalue weighted by molar-refractivity contribution is 0.419. The Morgan fingerprint density at radius 3 is 2.36 bits per heavy atom. The summed E-state index contributed by atoms with van der Waals surface area (Å²) in [6.07, 6.45) is 1.90. The van der Waals surface area contributed by atoms with Gasteiger partial charge in [-0.25, -0.2) is 4.68 Å². The van der Waals surface area contributed by atoms with Gasteiger partial charge in [0.2, 0.25) is 0 Å². The maximum Gasteiger partial charge on any atom is 0.145 e. The van der Waals surface area contributed by atoms with Crippen molar-refractivity contribution >= 4 is 21.8 Å². The van der Waals surface area contributed by atoms with E-state index in [2.05, 4.69) is 49.4 Å². The lowest BCUT2D eigenvalue weighted by Gasteiger charge is -2.08. The molecule has 0 unspecified atom stereocenters. The fraction of sp³-hybridized carbons (Fsp3) is 0.0833. The second-order valence-corrected chi connectivity index (χ2v) is 6.84. The molecule has 3 aromatic carbocycles. The van der Waals surface area contributed by atoms with Crippen molar-refractivity contribution in [3.8, 4) is 22.7 Å². The summed E-state index contributed by atoms with van der Waals surface area (Å²) >= 11 is 0. The fourth-order valence-corrected chi connectivity index (χ4v) is 3.63. The molecule has 136 valence electrons. The predicted molar refractivity (Wildman–Crippen MR) is 113 cm³/mol. The quantitative estimate of drug-likeness (QED) is 0.420. The smallest absolute Gasteiger partial charge is 0.145 e. The van der Waals surface area contributed by atoms with Gasteiger partial charge in [0, 0.05) is 22.5 Å². The molecule has 0 fully saturated rings. The third-order valence-corrected chi connectivity index (χ3v) is 5.04. The van der Waals surface area contributed by atoms with Crippen molar-refractivity contribution in [1.29, 1.82) is 0 Å². The van der Waals surface area contributed by atoms with Crippen molar-refractivity contribution in [3.63, 3.8) is 0 Å². The van der Waals surface area contributed by atoms with Gasteiger partial charge in [-0.1, -0.05) is 60.2 Å². The Bertz CT molecular complexity index is 1290. The van der Waals surface area contributed by atoms with E-state index in [1.807, 2.05) is 41.2 Å². The zero-order chi connectivity index (χ0) is 19.1. The summed E-state index contributed by atoms with van der Waals surface area (Å²) in [5.74, 6) is 0.761. The molecule has 0 aliphatic carbocycles. The van der Waals surface area contributed by atoms with Gasteiger partial charge in [-0.15, -0.1) is 0 Å².